The highest BCUT2D eigenvalue weighted by Crippen LogP contribution is 2.34. The van der Waals surface area contributed by atoms with Crippen molar-refractivity contribution in [1.82, 2.24) is 20.0 Å². The maximum absolute atomic E-state index is 13.1. The van der Waals surface area contributed by atoms with Crippen LogP contribution in [0.25, 0.3) is 0 Å². The van der Waals surface area contributed by atoms with Crippen molar-refractivity contribution < 1.29 is 14.4 Å². The van der Waals surface area contributed by atoms with Crippen LogP contribution in [-0.4, -0.2) is 71.3 Å². The molecule has 2 saturated heterocycles. The third-order valence-corrected chi connectivity index (χ3v) is 6.33. The molecule has 1 saturated carbocycles. The molecule has 3 aliphatic rings. The van der Waals surface area contributed by atoms with Crippen molar-refractivity contribution in [2.45, 2.75) is 43.7 Å². The molecule has 0 aromatic heterocycles. The van der Waals surface area contributed by atoms with E-state index in [4.69, 9.17) is 0 Å². The average Bonchev–Trinajstić information content (AvgIpc) is 2.93. The van der Waals surface area contributed by atoms with E-state index in [0.29, 0.717) is 19.4 Å². The Bertz CT molecular complexity index is 760. The van der Waals surface area contributed by atoms with E-state index < -0.39 is 11.6 Å². The molecule has 28 heavy (non-hydrogen) atoms. The van der Waals surface area contributed by atoms with E-state index in [2.05, 4.69) is 10.2 Å². The van der Waals surface area contributed by atoms with Crippen molar-refractivity contribution in [1.29, 1.82) is 0 Å². The lowest BCUT2D eigenvalue weighted by atomic mass is 9.82. The maximum atomic E-state index is 13.1. The fourth-order valence-electron chi connectivity index (χ4n) is 4.72. The minimum Gasteiger partial charge on any atom is -0.332 e. The van der Waals surface area contributed by atoms with Crippen LogP contribution in [0.5, 0.6) is 0 Å². The highest BCUT2D eigenvalue weighted by molar-refractivity contribution is 6.09. The number of amides is 4. The Balaban J connectivity index is 1.50. The topological polar surface area (TPSA) is 73.0 Å². The summed E-state index contributed by atoms with van der Waals surface area (Å²) in [5.74, 6) is -0.394. The molecule has 2 aliphatic heterocycles. The fourth-order valence-corrected chi connectivity index (χ4v) is 4.72. The Morgan fingerprint density at radius 3 is 2.54 bits per heavy atom. The zero-order valence-electron chi connectivity index (χ0n) is 16.4. The second-order valence-electron chi connectivity index (χ2n) is 8.24. The van der Waals surface area contributed by atoms with Gasteiger partial charge < -0.3 is 15.1 Å². The van der Waals surface area contributed by atoms with Gasteiger partial charge in [0, 0.05) is 19.6 Å². The Morgan fingerprint density at radius 1 is 1.11 bits per heavy atom. The fraction of sp³-hybridized carbons (Fsp3) is 0.571. The number of piperazine rings is 1. The lowest BCUT2D eigenvalue weighted by Gasteiger charge is -2.40. The van der Waals surface area contributed by atoms with Gasteiger partial charge in [-0.15, -0.1) is 0 Å². The molecule has 1 spiro atoms. The Hall–Kier alpha value is -2.41. The minimum absolute atomic E-state index is 0.0724. The van der Waals surface area contributed by atoms with Crippen molar-refractivity contribution in [3.8, 4) is 0 Å². The van der Waals surface area contributed by atoms with Crippen LogP contribution in [0.2, 0.25) is 0 Å². The van der Waals surface area contributed by atoms with Crippen LogP contribution in [0.15, 0.2) is 30.3 Å². The molecular formula is C21H28N4O3. The highest BCUT2D eigenvalue weighted by Gasteiger charge is 2.52. The first-order chi connectivity index (χ1) is 13.5. The van der Waals surface area contributed by atoms with Gasteiger partial charge >= 0.3 is 6.03 Å². The van der Waals surface area contributed by atoms with Crippen LogP contribution in [-0.2, 0) is 9.59 Å². The number of urea groups is 1. The summed E-state index contributed by atoms with van der Waals surface area (Å²) < 4.78 is 0. The number of rotatable bonds is 3. The van der Waals surface area contributed by atoms with Crippen molar-refractivity contribution in [2.75, 3.05) is 33.2 Å². The van der Waals surface area contributed by atoms with E-state index in [1.807, 2.05) is 42.3 Å². The van der Waals surface area contributed by atoms with Gasteiger partial charge in [0.25, 0.3) is 5.91 Å². The Morgan fingerprint density at radius 2 is 1.82 bits per heavy atom. The molecule has 1 N–H and O–H groups in total. The summed E-state index contributed by atoms with van der Waals surface area (Å²) in [7, 11) is 2.04. The van der Waals surface area contributed by atoms with E-state index in [0.717, 1.165) is 42.8 Å². The predicted molar refractivity (Wildman–Crippen MR) is 104 cm³/mol. The maximum Gasteiger partial charge on any atom is 0.325 e. The Kier molecular flexibility index (Phi) is 5.10. The summed E-state index contributed by atoms with van der Waals surface area (Å²) in [6.45, 7) is 1.92. The number of nitrogens with zero attached hydrogens (tertiary/aromatic N) is 3. The van der Waals surface area contributed by atoms with Gasteiger partial charge in [0.1, 0.15) is 12.1 Å². The number of carbonyl (C=O) groups is 3. The quantitative estimate of drug-likeness (QED) is 0.806. The molecule has 2 heterocycles. The first-order valence-electron chi connectivity index (χ1n) is 10.2. The zero-order valence-corrected chi connectivity index (χ0v) is 16.4. The molecule has 1 atom stereocenters. The van der Waals surface area contributed by atoms with Crippen LogP contribution >= 0.6 is 0 Å². The van der Waals surface area contributed by atoms with E-state index in [-0.39, 0.29) is 24.4 Å². The van der Waals surface area contributed by atoms with E-state index in [1.165, 1.54) is 0 Å². The monoisotopic (exact) mass is 384 g/mol. The SMILES string of the molecule is CN1CCN(C(=O)CN2C(=O)NC3(CCCCC3)C2=O)C(c2ccccc2)C1. The van der Waals surface area contributed by atoms with Crippen LogP contribution in [0.4, 0.5) is 4.79 Å². The highest BCUT2D eigenvalue weighted by atomic mass is 16.2. The summed E-state index contributed by atoms with van der Waals surface area (Å²) in [5, 5.41) is 2.89. The average molecular weight is 384 g/mol. The van der Waals surface area contributed by atoms with Gasteiger partial charge in [-0.1, -0.05) is 49.6 Å². The van der Waals surface area contributed by atoms with E-state index >= 15 is 0 Å². The van der Waals surface area contributed by atoms with Crippen LogP contribution in [0.1, 0.15) is 43.7 Å². The molecule has 7 heteroatoms. The van der Waals surface area contributed by atoms with Gasteiger partial charge in [0.2, 0.25) is 5.91 Å². The summed E-state index contributed by atoms with van der Waals surface area (Å²) in [5.41, 5.74) is 0.291. The molecule has 0 bridgehead atoms. The summed E-state index contributed by atoms with van der Waals surface area (Å²) in [4.78, 5) is 43.8. The van der Waals surface area contributed by atoms with Gasteiger partial charge in [0.15, 0.2) is 0 Å². The molecule has 150 valence electrons. The molecule has 0 radical (unpaired) electrons. The summed E-state index contributed by atoms with van der Waals surface area (Å²) in [6.07, 6.45) is 4.29. The lowest BCUT2D eigenvalue weighted by molar-refractivity contribution is -0.142. The normalized spacial score (nSPS) is 25.2. The molecule has 3 fully saturated rings. The third-order valence-electron chi connectivity index (χ3n) is 6.33. The van der Waals surface area contributed by atoms with Gasteiger partial charge in [0.05, 0.1) is 6.04 Å². The van der Waals surface area contributed by atoms with Crippen LogP contribution < -0.4 is 5.32 Å². The molecule has 4 amide bonds. The number of hydrogen-bond acceptors (Lipinski definition) is 4. The second-order valence-corrected chi connectivity index (χ2v) is 8.24. The van der Waals surface area contributed by atoms with Gasteiger partial charge in [-0.2, -0.15) is 0 Å². The summed E-state index contributed by atoms with van der Waals surface area (Å²) >= 11 is 0. The molecule has 1 aliphatic carbocycles. The molecular weight excluding hydrogens is 356 g/mol. The van der Waals surface area contributed by atoms with Gasteiger partial charge in [-0.05, 0) is 25.5 Å². The van der Waals surface area contributed by atoms with Crippen molar-refractivity contribution >= 4 is 17.8 Å². The molecule has 1 unspecified atom stereocenters. The smallest absolute Gasteiger partial charge is 0.325 e. The van der Waals surface area contributed by atoms with Crippen molar-refractivity contribution in [2.24, 2.45) is 0 Å². The number of imide groups is 1. The standard InChI is InChI=1S/C21H28N4O3/c1-23-12-13-24(17(14-23)16-8-4-2-5-9-16)18(26)15-25-19(27)21(22-20(25)28)10-6-3-7-11-21/h2,4-5,8-9,17H,3,6-7,10-15H2,1H3,(H,22,28). The number of hydrogen-bond donors (Lipinski definition) is 1. The van der Waals surface area contributed by atoms with Gasteiger partial charge in [-0.25, -0.2) is 4.79 Å². The zero-order chi connectivity index (χ0) is 19.7. The number of likely N-dealkylation sites (N-methyl/N-ethyl adjacent to an activating group) is 1. The molecule has 1 aromatic rings. The molecule has 7 nitrogen and oxygen atoms in total. The predicted octanol–water partition coefficient (Wildman–Crippen LogP) is 1.76. The second kappa shape index (κ2) is 7.54. The molecule has 1 aromatic carbocycles. The first kappa shape index (κ1) is 18.9. The third kappa shape index (κ3) is 3.39. The van der Waals surface area contributed by atoms with E-state index in [1.54, 1.807) is 0 Å². The lowest BCUT2D eigenvalue weighted by Crippen LogP contribution is -2.53. The number of nitrogens with one attached hydrogen (secondary N) is 1. The van der Waals surface area contributed by atoms with Crippen molar-refractivity contribution in [3.63, 3.8) is 0 Å². The minimum atomic E-state index is -0.781. The van der Waals surface area contributed by atoms with Crippen LogP contribution in [0, 0.1) is 0 Å². The van der Waals surface area contributed by atoms with Crippen LogP contribution in [0.3, 0.4) is 0 Å². The largest absolute Gasteiger partial charge is 0.332 e. The Labute approximate surface area is 165 Å². The first-order valence-corrected chi connectivity index (χ1v) is 10.2. The molecule has 4 rings (SSSR count). The summed E-state index contributed by atoms with van der Waals surface area (Å²) in [6, 6.07) is 9.44. The van der Waals surface area contributed by atoms with Gasteiger partial charge in [-0.3, -0.25) is 14.5 Å². The number of carbonyl (C=O) groups excluding carboxylic acids is 3. The van der Waals surface area contributed by atoms with E-state index in [9.17, 15) is 14.4 Å². The number of benzene rings is 1. The van der Waals surface area contributed by atoms with Crippen molar-refractivity contribution in [3.05, 3.63) is 35.9 Å².